The highest BCUT2D eigenvalue weighted by molar-refractivity contribution is 5.88. The van der Waals surface area contributed by atoms with Gasteiger partial charge in [-0.05, 0) is 16.7 Å². The molecule has 1 fully saturated rings. The van der Waals surface area contributed by atoms with Crippen molar-refractivity contribution >= 4 is 18.0 Å². The van der Waals surface area contributed by atoms with Crippen LogP contribution in [0.25, 0.3) is 0 Å². The van der Waals surface area contributed by atoms with E-state index in [2.05, 4.69) is 0 Å². The second-order valence-electron chi connectivity index (χ2n) is 6.75. The first-order valence-electron chi connectivity index (χ1n) is 9.19. The molecule has 1 saturated heterocycles. The number of hydrogen-bond donors (Lipinski definition) is 0. The van der Waals surface area contributed by atoms with Gasteiger partial charge in [-0.2, -0.15) is 5.06 Å². The first-order valence-corrected chi connectivity index (χ1v) is 9.19. The van der Waals surface area contributed by atoms with E-state index in [1.54, 1.807) is 12.1 Å². The normalized spacial score (nSPS) is 19.7. The third-order valence-corrected chi connectivity index (χ3v) is 5.04. The largest absolute Gasteiger partial charge is 0.467 e. The van der Waals surface area contributed by atoms with Gasteiger partial charge in [-0.25, -0.2) is 14.4 Å². The number of esters is 2. The molecule has 0 N–H and O–H groups in total. The monoisotopic (exact) mass is 396 g/mol. The predicted octanol–water partition coefficient (Wildman–Crippen LogP) is 2.37. The van der Waals surface area contributed by atoms with Gasteiger partial charge in [-0.15, -0.1) is 0 Å². The molecule has 4 rings (SSSR count). The Morgan fingerprint density at radius 3 is 2.45 bits per heavy atom. The van der Waals surface area contributed by atoms with E-state index in [0.717, 1.165) is 16.2 Å². The van der Waals surface area contributed by atoms with E-state index in [0.29, 0.717) is 5.56 Å². The van der Waals surface area contributed by atoms with Crippen molar-refractivity contribution in [3.8, 4) is 0 Å². The van der Waals surface area contributed by atoms with Crippen molar-refractivity contribution in [1.82, 2.24) is 9.96 Å². The molecule has 8 nitrogen and oxygen atoms in total. The van der Waals surface area contributed by atoms with Crippen LogP contribution in [0, 0.1) is 0 Å². The Morgan fingerprint density at radius 1 is 1.03 bits per heavy atom. The van der Waals surface area contributed by atoms with Crippen LogP contribution in [0.5, 0.6) is 0 Å². The van der Waals surface area contributed by atoms with Crippen LogP contribution in [0.2, 0.25) is 0 Å². The number of benzene rings is 2. The summed E-state index contributed by atoms with van der Waals surface area (Å²) >= 11 is 0. The molecule has 2 amide bonds. The SMILES string of the molecule is COC(=O)C1c2ccccc2[C@@H]2CN1C(=O)N2OCC(=O)OCc1ccccc1. The highest BCUT2D eigenvalue weighted by atomic mass is 16.7. The maximum atomic E-state index is 12.8. The number of hydrogen-bond acceptors (Lipinski definition) is 6. The van der Waals surface area contributed by atoms with Crippen molar-refractivity contribution in [2.24, 2.45) is 0 Å². The van der Waals surface area contributed by atoms with Gasteiger partial charge >= 0.3 is 18.0 Å². The van der Waals surface area contributed by atoms with Gasteiger partial charge in [0.2, 0.25) is 0 Å². The summed E-state index contributed by atoms with van der Waals surface area (Å²) in [5.41, 5.74) is 2.35. The zero-order valence-electron chi connectivity index (χ0n) is 15.8. The average molecular weight is 396 g/mol. The van der Waals surface area contributed by atoms with Crippen LogP contribution < -0.4 is 0 Å². The number of rotatable bonds is 6. The summed E-state index contributed by atoms with van der Waals surface area (Å²) in [5, 5.41) is 1.14. The number of nitrogens with zero attached hydrogens (tertiary/aromatic N) is 2. The van der Waals surface area contributed by atoms with Crippen LogP contribution >= 0.6 is 0 Å². The Bertz CT molecular complexity index is 932. The van der Waals surface area contributed by atoms with Crippen LogP contribution in [-0.2, 0) is 30.5 Å². The molecule has 0 saturated carbocycles. The minimum atomic E-state index is -0.835. The minimum Gasteiger partial charge on any atom is -0.467 e. The van der Waals surface area contributed by atoms with Gasteiger partial charge in [0.15, 0.2) is 12.6 Å². The summed E-state index contributed by atoms with van der Waals surface area (Å²) in [5.74, 6) is -1.11. The topological polar surface area (TPSA) is 85.4 Å². The fourth-order valence-electron chi connectivity index (χ4n) is 3.68. The van der Waals surface area contributed by atoms with Crippen molar-refractivity contribution in [3.63, 3.8) is 0 Å². The van der Waals surface area contributed by atoms with E-state index in [9.17, 15) is 14.4 Å². The number of amides is 2. The van der Waals surface area contributed by atoms with Crippen LogP contribution in [0.1, 0.15) is 28.8 Å². The molecule has 2 heterocycles. The zero-order valence-corrected chi connectivity index (χ0v) is 15.8. The molecular formula is C21H20N2O6. The summed E-state index contributed by atoms with van der Waals surface area (Å²) in [6.07, 6.45) is 0. The van der Waals surface area contributed by atoms with Gasteiger partial charge in [0.05, 0.1) is 13.7 Å². The number of carbonyl (C=O) groups excluding carboxylic acids is 3. The molecule has 29 heavy (non-hydrogen) atoms. The zero-order chi connectivity index (χ0) is 20.4. The number of hydroxylamine groups is 2. The van der Waals surface area contributed by atoms with Crippen LogP contribution in [0.3, 0.4) is 0 Å². The number of ether oxygens (including phenoxy) is 2. The van der Waals surface area contributed by atoms with Crippen molar-refractivity contribution in [1.29, 1.82) is 0 Å². The average Bonchev–Trinajstić information content (AvgIpc) is 3.03. The molecule has 1 unspecified atom stereocenters. The fourth-order valence-corrected chi connectivity index (χ4v) is 3.68. The third-order valence-electron chi connectivity index (χ3n) is 5.04. The van der Waals surface area contributed by atoms with E-state index in [1.807, 2.05) is 42.5 Å². The molecule has 2 aromatic carbocycles. The lowest BCUT2D eigenvalue weighted by Gasteiger charge is -2.30. The maximum Gasteiger partial charge on any atom is 0.345 e. The van der Waals surface area contributed by atoms with Crippen molar-refractivity contribution in [3.05, 3.63) is 71.3 Å². The van der Waals surface area contributed by atoms with E-state index >= 15 is 0 Å². The lowest BCUT2D eigenvalue weighted by atomic mass is 9.91. The third kappa shape index (κ3) is 3.54. The van der Waals surface area contributed by atoms with Gasteiger partial charge in [0, 0.05) is 0 Å². The molecule has 2 bridgehead atoms. The summed E-state index contributed by atoms with van der Waals surface area (Å²) in [4.78, 5) is 44.1. The minimum absolute atomic E-state index is 0.125. The Morgan fingerprint density at radius 2 is 1.72 bits per heavy atom. The number of urea groups is 1. The Kier molecular flexibility index (Phi) is 5.18. The standard InChI is InChI=1S/C21H20N2O6/c1-27-20(25)19-16-10-6-5-9-15(16)17-11-22(19)21(26)23(17)29-13-18(24)28-12-14-7-3-2-4-8-14/h2-10,17,19H,11-13H2,1H3/t17-,19?/m0/s1. The van der Waals surface area contributed by atoms with E-state index in [4.69, 9.17) is 14.3 Å². The maximum absolute atomic E-state index is 12.8. The van der Waals surface area contributed by atoms with Crippen LogP contribution in [0.4, 0.5) is 4.79 Å². The van der Waals surface area contributed by atoms with Gasteiger partial charge in [-0.3, -0.25) is 4.84 Å². The molecule has 0 aromatic heterocycles. The number of methoxy groups -OCH3 is 1. The van der Waals surface area contributed by atoms with Crippen molar-refractivity contribution in [2.75, 3.05) is 20.3 Å². The van der Waals surface area contributed by atoms with Gasteiger partial charge in [0.25, 0.3) is 0 Å². The molecule has 2 atom stereocenters. The summed E-state index contributed by atoms with van der Waals surface area (Å²) in [6, 6.07) is 14.8. The van der Waals surface area contributed by atoms with E-state index < -0.39 is 36.7 Å². The Hall–Kier alpha value is -3.39. The van der Waals surface area contributed by atoms with Gasteiger partial charge in [0.1, 0.15) is 12.6 Å². The van der Waals surface area contributed by atoms with Crippen LogP contribution in [-0.4, -0.2) is 48.2 Å². The quantitative estimate of drug-likeness (QED) is 0.697. The fraction of sp³-hybridized carbons (Fsp3) is 0.286. The Labute approximate surface area is 167 Å². The first-order chi connectivity index (χ1) is 14.1. The van der Waals surface area contributed by atoms with Gasteiger partial charge in [-0.1, -0.05) is 54.6 Å². The summed E-state index contributed by atoms with van der Waals surface area (Å²) in [7, 11) is 1.29. The lowest BCUT2D eigenvalue weighted by Crippen LogP contribution is -2.39. The summed E-state index contributed by atoms with van der Waals surface area (Å²) < 4.78 is 10.1. The lowest BCUT2D eigenvalue weighted by molar-refractivity contribution is -0.174. The second kappa shape index (κ2) is 7.92. The molecule has 2 aliphatic rings. The highest BCUT2D eigenvalue weighted by Gasteiger charge is 2.51. The van der Waals surface area contributed by atoms with Crippen molar-refractivity contribution in [2.45, 2.75) is 18.7 Å². The highest BCUT2D eigenvalue weighted by Crippen LogP contribution is 2.44. The summed E-state index contributed by atoms with van der Waals surface area (Å²) in [6.45, 7) is -0.0115. The molecule has 0 aliphatic carbocycles. The molecule has 2 aromatic rings. The second-order valence-corrected chi connectivity index (χ2v) is 6.75. The molecule has 150 valence electrons. The molecular weight excluding hydrogens is 376 g/mol. The molecule has 8 heteroatoms. The van der Waals surface area contributed by atoms with Gasteiger partial charge < -0.3 is 14.4 Å². The van der Waals surface area contributed by atoms with E-state index in [1.165, 1.54) is 12.0 Å². The first kappa shape index (κ1) is 18.9. The predicted molar refractivity (Wildman–Crippen MR) is 100 cm³/mol. The molecule has 0 spiro atoms. The smallest absolute Gasteiger partial charge is 0.345 e. The Balaban J connectivity index is 1.45. The molecule has 2 aliphatic heterocycles. The van der Waals surface area contributed by atoms with Crippen molar-refractivity contribution < 1.29 is 28.7 Å². The number of fused-ring (bicyclic) bond motifs is 4. The number of carbonyl (C=O) groups is 3. The van der Waals surface area contributed by atoms with Crippen LogP contribution in [0.15, 0.2) is 54.6 Å². The molecule has 0 radical (unpaired) electrons. The van der Waals surface area contributed by atoms with E-state index in [-0.39, 0.29) is 13.2 Å².